The third kappa shape index (κ3) is 2.55. The van der Waals surface area contributed by atoms with Crippen LogP contribution >= 0.6 is 12.4 Å². The van der Waals surface area contributed by atoms with E-state index in [-0.39, 0.29) is 29.9 Å². The summed E-state index contributed by atoms with van der Waals surface area (Å²) in [6.45, 7) is 0. The standard InChI is InChI=1S/C11H15NO2.ClH/c12-11(7-2-1-3-7)8-4-9(13)6-10(14)5-8;/h4-7,11,13-14H,1-3,12H2;1H/t11-;/m1./s1. The molecule has 0 amide bonds. The zero-order valence-corrected chi connectivity index (χ0v) is 9.20. The van der Waals surface area contributed by atoms with E-state index in [0.29, 0.717) is 5.92 Å². The number of benzene rings is 1. The Morgan fingerprint density at radius 3 is 2.07 bits per heavy atom. The number of phenols is 2. The average Bonchev–Trinajstić information content (AvgIpc) is 1.98. The van der Waals surface area contributed by atoms with Gasteiger partial charge >= 0.3 is 0 Å². The summed E-state index contributed by atoms with van der Waals surface area (Å²) in [4.78, 5) is 0. The number of phenolic OH excluding ortho intramolecular Hbond substituents is 2. The van der Waals surface area contributed by atoms with Crippen LogP contribution in [0.15, 0.2) is 18.2 Å². The molecular weight excluding hydrogens is 214 g/mol. The molecule has 2 rings (SSSR count). The Morgan fingerprint density at radius 1 is 1.13 bits per heavy atom. The van der Waals surface area contributed by atoms with E-state index in [1.165, 1.54) is 12.5 Å². The molecule has 1 aliphatic carbocycles. The van der Waals surface area contributed by atoms with Gasteiger partial charge in [0.25, 0.3) is 0 Å². The van der Waals surface area contributed by atoms with Crippen molar-refractivity contribution in [1.29, 1.82) is 0 Å². The highest BCUT2D eigenvalue weighted by Crippen LogP contribution is 2.37. The lowest BCUT2D eigenvalue weighted by atomic mass is 9.77. The molecule has 3 nitrogen and oxygen atoms in total. The number of rotatable bonds is 2. The van der Waals surface area contributed by atoms with E-state index in [9.17, 15) is 10.2 Å². The van der Waals surface area contributed by atoms with Crippen LogP contribution in [0.2, 0.25) is 0 Å². The van der Waals surface area contributed by atoms with Gasteiger partial charge in [-0.25, -0.2) is 0 Å². The van der Waals surface area contributed by atoms with E-state index in [2.05, 4.69) is 0 Å². The molecular formula is C11H16ClNO2. The summed E-state index contributed by atoms with van der Waals surface area (Å²) >= 11 is 0. The normalized spacial score (nSPS) is 17.7. The SMILES string of the molecule is Cl.N[C@@H](c1cc(O)cc(O)c1)C1CCC1. The maximum Gasteiger partial charge on any atom is 0.119 e. The predicted octanol–water partition coefficient (Wildman–Crippen LogP) is 2.32. The Hall–Kier alpha value is -0.930. The van der Waals surface area contributed by atoms with Crippen molar-refractivity contribution in [2.45, 2.75) is 25.3 Å². The van der Waals surface area contributed by atoms with Gasteiger partial charge in [0.15, 0.2) is 0 Å². The fourth-order valence-electron chi connectivity index (χ4n) is 1.88. The van der Waals surface area contributed by atoms with Crippen molar-refractivity contribution >= 4 is 12.4 Å². The Balaban J connectivity index is 0.00000112. The molecule has 1 aliphatic rings. The summed E-state index contributed by atoms with van der Waals surface area (Å²) in [5.41, 5.74) is 6.84. The Bertz CT molecular complexity index is 319. The van der Waals surface area contributed by atoms with Gasteiger partial charge in [-0.2, -0.15) is 0 Å². The zero-order valence-electron chi connectivity index (χ0n) is 8.39. The van der Waals surface area contributed by atoms with E-state index in [0.717, 1.165) is 18.4 Å². The van der Waals surface area contributed by atoms with Crippen LogP contribution in [0, 0.1) is 5.92 Å². The van der Waals surface area contributed by atoms with Crippen molar-refractivity contribution in [3.05, 3.63) is 23.8 Å². The van der Waals surface area contributed by atoms with E-state index in [1.54, 1.807) is 12.1 Å². The Kier molecular flexibility index (Phi) is 3.83. The van der Waals surface area contributed by atoms with Gasteiger partial charge in [0.05, 0.1) is 0 Å². The maximum absolute atomic E-state index is 9.30. The van der Waals surface area contributed by atoms with Crippen molar-refractivity contribution in [1.82, 2.24) is 0 Å². The summed E-state index contributed by atoms with van der Waals surface area (Å²) < 4.78 is 0. The number of hydrogen-bond acceptors (Lipinski definition) is 3. The lowest BCUT2D eigenvalue weighted by Crippen LogP contribution is -2.26. The maximum atomic E-state index is 9.30. The average molecular weight is 230 g/mol. The second kappa shape index (κ2) is 4.73. The molecule has 1 aromatic carbocycles. The molecule has 1 aromatic rings. The van der Waals surface area contributed by atoms with Gasteiger partial charge in [0.1, 0.15) is 11.5 Å². The third-order valence-corrected chi connectivity index (χ3v) is 2.97. The fourth-order valence-corrected chi connectivity index (χ4v) is 1.88. The molecule has 84 valence electrons. The first-order chi connectivity index (χ1) is 6.66. The summed E-state index contributed by atoms with van der Waals surface area (Å²) in [6, 6.07) is 4.52. The Labute approximate surface area is 95.3 Å². The van der Waals surface area contributed by atoms with Crippen LogP contribution in [0.4, 0.5) is 0 Å². The van der Waals surface area contributed by atoms with Gasteiger partial charge < -0.3 is 15.9 Å². The first-order valence-electron chi connectivity index (χ1n) is 4.95. The smallest absolute Gasteiger partial charge is 0.119 e. The van der Waals surface area contributed by atoms with Crippen LogP contribution in [-0.4, -0.2) is 10.2 Å². The van der Waals surface area contributed by atoms with Crippen LogP contribution in [0.1, 0.15) is 30.9 Å². The summed E-state index contributed by atoms with van der Waals surface area (Å²) in [5, 5.41) is 18.6. The molecule has 4 heteroatoms. The van der Waals surface area contributed by atoms with Crippen LogP contribution in [0.5, 0.6) is 11.5 Å². The molecule has 0 bridgehead atoms. The zero-order chi connectivity index (χ0) is 10.1. The first-order valence-corrected chi connectivity index (χ1v) is 4.95. The van der Waals surface area contributed by atoms with Gasteiger partial charge in [0.2, 0.25) is 0 Å². The van der Waals surface area contributed by atoms with Crippen molar-refractivity contribution in [2.24, 2.45) is 11.7 Å². The fraction of sp³-hybridized carbons (Fsp3) is 0.455. The van der Waals surface area contributed by atoms with Gasteiger partial charge in [-0.1, -0.05) is 6.42 Å². The lowest BCUT2D eigenvalue weighted by Gasteiger charge is -2.31. The molecule has 0 aromatic heterocycles. The minimum Gasteiger partial charge on any atom is -0.508 e. The van der Waals surface area contributed by atoms with Crippen molar-refractivity contribution < 1.29 is 10.2 Å². The van der Waals surface area contributed by atoms with Crippen LogP contribution in [0.3, 0.4) is 0 Å². The summed E-state index contributed by atoms with van der Waals surface area (Å²) in [7, 11) is 0. The third-order valence-electron chi connectivity index (χ3n) is 2.97. The number of aromatic hydroxyl groups is 2. The highest BCUT2D eigenvalue weighted by Gasteiger charge is 2.25. The van der Waals surface area contributed by atoms with Crippen LogP contribution in [0.25, 0.3) is 0 Å². The van der Waals surface area contributed by atoms with Crippen molar-refractivity contribution in [3.8, 4) is 11.5 Å². The first kappa shape index (κ1) is 12.1. The largest absolute Gasteiger partial charge is 0.508 e. The molecule has 4 N–H and O–H groups in total. The quantitative estimate of drug-likeness (QED) is 0.729. The van der Waals surface area contributed by atoms with Gasteiger partial charge in [-0.15, -0.1) is 12.4 Å². The van der Waals surface area contributed by atoms with Gasteiger partial charge in [0, 0.05) is 12.1 Å². The molecule has 0 saturated heterocycles. The van der Waals surface area contributed by atoms with Gasteiger partial charge in [-0.3, -0.25) is 0 Å². The molecule has 1 atom stereocenters. The molecule has 1 fully saturated rings. The minimum atomic E-state index is -0.0539. The molecule has 0 heterocycles. The van der Waals surface area contributed by atoms with E-state index >= 15 is 0 Å². The highest BCUT2D eigenvalue weighted by atomic mass is 35.5. The molecule has 0 radical (unpaired) electrons. The topological polar surface area (TPSA) is 66.5 Å². The number of nitrogens with two attached hydrogens (primary N) is 1. The van der Waals surface area contributed by atoms with Crippen molar-refractivity contribution in [3.63, 3.8) is 0 Å². The molecule has 0 aliphatic heterocycles. The van der Waals surface area contributed by atoms with Crippen LogP contribution in [-0.2, 0) is 0 Å². The lowest BCUT2D eigenvalue weighted by molar-refractivity contribution is 0.263. The van der Waals surface area contributed by atoms with E-state index in [4.69, 9.17) is 5.73 Å². The van der Waals surface area contributed by atoms with E-state index < -0.39 is 0 Å². The van der Waals surface area contributed by atoms with E-state index in [1.807, 2.05) is 0 Å². The Morgan fingerprint density at radius 2 is 1.67 bits per heavy atom. The molecule has 0 spiro atoms. The monoisotopic (exact) mass is 229 g/mol. The second-order valence-corrected chi connectivity index (χ2v) is 4.00. The molecule has 1 saturated carbocycles. The van der Waals surface area contributed by atoms with Crippen molar-refractivity contribution in [2.75, 3.05) is 0 Å². The minimum absolute atomic E-state index is 0. The second-order valence-electron chi connectivity index (χ2n) is 4.00. The number of hydrogen-bond donors (Lipinski definition) is 3. The summed E-state index contributed by atoms with van der Waals surface area (Å²) in [5.74, 6) is 0.667. The molecule has 0 unspecified atom stereocenters. The molecule has 15 heavy (non-hydrogen) atoms. The summed E-state index contributed by atoms with van der Waals surface area (Å²) in [6.07, 6.45) is 3.54. The highest BCUT2D eigenvalue weighted by molar-refractivity contribution is 5.85. The number of halogens is 1. The van der Waals surface area contributed by atoms with Crippen LogP contribution < -0.4 is 5.73 Å². The van der Waals surface area contributed by atoms with Gasteiger partial charge in [-0.05, 0) is 36.5 Å². The predicted molar refractivity (Wildman–Crippen MR) is 61.3 cm³/mol.